The monoisotopic (exact) mass is 426 g/mol. The molecule has 0 atom stereocenters. The summed E-state index contributed by atoms with van der Waals surface area (Å²) < 4.78 is 5.24. The van der Waals surface area contributed by atoms with Crippen molar-refractivity contribution in [3.63, 3.8) is 0 Å². The third-order valence-corrected chi connectivity index (χ3v) is 6.14. The van der Waals surface area contributed by atoms with E-state index in [1.165, 1.54) is 11.3 Å². The summed E-state index contributed by atoms with van der Waals surface area (Å²) in [6.07, 6.45) is 2.76. The van der Waals surface area contributed by atoms with Crippen molar-refractivity contribution < 1.29 is 14.3 Å². The Balaban J connectivity index is 0.00000261. The zero-order valence-corrected chi connectivity index (χ0v) is 18.0. The van der Waals surface area contributed by atoms with Crippen molar-refractivity contribution in [2.45, 2.75) is 24.8 Å². The molecule has 146 valence electrons. The van der Waals surface area contributed by atoms with E-state index < -0.39 is 0 Å². The average Bonchev–Trinajstić information content (AvgIpc) is 2.98. The molecule has 1 aromatic heterocycles. The van der Waals surface area contributed by atoms with Gasteiger partial charge in [0.1, 0.15) is 5.00 Å². The maximum Gasteiger partial charge on any atom is 0.341 e. The molecule has 1 aliphatic heterocycles. The van der Waals surface area contributed by atoms with Gasteiger partial charge in [0.05, 0.1) is 12.2 Å². The van der Waals surface area contributed by atoms with Crippen molar-refractivity contribution in [3.8, 4) is 0 Å². The Bertz CT molecular complexity index is 838. The van der Waals surface area contributed by atoms with Crippen LogP contribution >= 0.6 is 35.5 Å². The van der Waals surface area contributed by atoms with E-state index >= 15 is 0 Å². The fraction of sp³-hybridized carbons (Fsp3) is 0.368. The Morgan fingerprint density at radius 1 is 1.37 bits per heavy atom. The molecule has 8 heteroatoms. The van der Waals surface area contributed by atoms with Gasteiger partial charge in [-0.25, -0.2) is 4.79 Å². The summed E-state index contributed by atoms with van der Waals surface area (Å²) in [5, 5.41) is 3.53. The summed E-state index contributed by atoms with van der Waals surface area (Å²) in [7, 11) is 2.05. The van der Waals surface area contributed by atoms with Crippen molar-refractivity contribution in [3.05, 3.63) is 45.8 Å². The Hall–Kier alpha value is -1.54. The predicted octanol–water partition coefficient (Wildman–Crippen LogP) is 4.31. The highest BCUT2D eigenvalue weighted by Gasteiger charge is 2.28. The molecule has 0 unspecified atom stereocenters. The third kappa shape index (κ3) is 4.85. The van der Waals surface area contributed by atoms with Gasteiger partial charge in [0, 0.05) is 28.4 Å². The summed E-state index contributed by atoms with van der Waals surface area (Å²) in [6.45, 7) is 3.77. The van der Waals surface area contributed by atoms with E-state index in [2.05, 4.69) is 17.3 Å². The first-order valence-electron chi connectivity index (χ1n) is 8.49. The normalized spacial score (nSPS) is 13.4. The van der Waals surface area contributed by atoms with Gasteiger partial charge in [-0.3, -0.25) is 4.79 Å². The second kappa shape index (κ2) is 9.59. The molecular weight excluding hydrogens is 404 g/mol. The molecule has 0 saturated heterocycles. The van der Waals surface area contributed by atoms with Crippen LogP contribution in [0.4, 0.5) is 5.00 Å². The first-order valence-corrected chi connectivity index (χ1v) is 10.5. The maximum absolute atomic E-state index is 12.7. The summed E-state index contributed by atoms with van der Waals surface area (Å²) in [6, 6.07) is 7.46. The van der Waals surface area contributed by atoms with E-state index in [0.29, 0.717) is 22.7 Å². The van der Waals surface area contributed by atoms with Gasteiger partial charge in [-0.15, -0.1) is 35.5 Å². The quantitative estimate of drug-likeness (QED) is 0.570. The zero-order chi connectivity index (χ0) is 18.7. The lowest BCUT2D eigenvalue weighted by Gasteiger charge is -2.22. The number of carbonyl (C=O) groups excluding carboxylic acids is 2. The van der Waals surface area contributed by atoms with Gasteiger partial charge in [-0.05, 0) is 50.4 Å². The number of rotatable bonds is 5. The van der Waals surface area contributed by atoms with Gasteiger partial charge >= 0.3 is 5.97 Å². The summed E-state index contributed by atoms with van der Waals surface area (Å²) in [4.78, 5) is 29.6. The molecule has 0 fully saturated rings. The summed E-state index contributed by atoms with van der Waals surface area (Å²) in [5.74, 6) is -0.568. The molecule has 1 amide bonds. The largest absolute Gasteiger partial charge is 0.462 e. The highest BCUT2D eigenvalue weighted by atomic mass is 35.5. The van der Waals surface area contributed by atoms with E-state index in [-0.39, 0.29) is 24.3 Å². The van der Waals surface area contributed by atoms with Crippen molar-refractivity contribution in [2.75, 3.05) is 31.8 Å². The Morgan fingerprint density at radius 2 is 2.15 bits per heavy atom. The number of amides is 1. The molecule has 5 nitrogen and oxygen atoms in total. The molecule has 1 N–H and O–H groups in total. The number of likely N-dealkylation sites (N-methyl/N-ethyl adjacent to an activating group) is 1. The topological polar surface area (TPSA) is 58.6 Å². The van der Waals surface area contributed by atoms with Gasteiger partial charge in [0.15, 0.2) is 0 Å². The van der Waals surface area contributed by atoms with Crippen LogP contribution < -0.4 is 5.32 Å². The molecule has 2 aromatic rings. The fourth-order valence-electron chi connectivity index (χ4n) is 2.98. The first kappa shape index (κ1) is 21.8. The van der Waals surface area contributed by atoms with Crippen LogP contribution in [-0.4, -0.2) is 43.2 Å². The predicted molar refractivity (Wildman–Crippen MR) is 114 cm³/mol. The van der Waals surface area contributed by atoms with Crippen molar-refractivity contribution >= 4 is 52.4 Å². The number of nitrogens with one attached hydrogen (secondary N) is 1. The van der Waals surface area contributed by atoms with Gasteiger partial charge in [0.25, 0.3) is 5.91 Å². The molecule has 2 heterocycles. The molecule has 1 aliphatic rings. The Morgan fingerprint density at radius 3 is 2.85 bits per heavy atom. The smallest absolute Gasteiger partial charge is 0.341 e. The molecule has 0 spiro atoms. The van der Waals surface area contributed by atoms with Gasteiger partial charge in [-0.1, -0.05) is 6.07 Å². The number of halogens is 1. The molecule has 0 bridgehead atoms. The number of anilines is 1. The minimum atomic E-state index is -0.359. The van der Waals surface area contributed by atoms with Crippen LogP contribution in [0.3, 0.4) is 0 Å². The van der Waals surface area contributed by atoms with Crippen molar-refractivity contribution in [2.24, 2.45) is 0 Å². The third-order valence-electron chi connectivity index (χ3n) is 4.29. The van der Waals surface area contributed by atoms with Gasteiger partial charge in [0.2, 0.25) is 0 Å². The van der Waals surface area contributed by atoms with Crippen molar-refractivity contribution in [1.82, 2.24) is 4.90 Å². The highest BCUT2D eigenvalue weighted by Crippen LogP contribution is 2.37. The number of thioether (sulfide) groups is 1. The lowest BCUT2D eigenvalue weighted by atomic mass is 10.0. The molecule has 1 aromatic carbocycles. The minimum Gasteiger partial charge on any atom is -0.462 e. The number of thiophene rings is 1. The van der Waals surface area contributed by atoms with Gasteiger partial charge < -0.3 is 15.0 Å². The highest BCUT2D eigenvalue weighted by molar-refractivity contribution is 7.98. The first-order chi connectivity index (χ1) is 12.5. The SMILES string of the molecule is CCOC(=O)c1c(NC(=O)c2cccc(SC)c2)sc2c1CCN(C)C2.Cl. The number of hydrogen-bond donors (Lipinski definition) is 1. The molecule has 0 aliphatic carbocycles. The molecular formula is C19H23ClN2O3S2. The van der Waals surface area contributed by atoms with E-state index in [0.717, 1.165) is 34.8 Å². The number of ether oxygens (including phenoxy) is 1. The number of nitrogens with zero attached hydrogens (tertiary/aromatic N) is 1. The van der Waals surface area contributed by atoms with Crippen LogP contribution in [0.15, 0.2) is 29.2 Å². The Labute approximate surface area is 173 Å². The maximum atomic E-state index is 12.7. The zero-order valence-electron chi connectivity index (χ0n) is 15.5. The molecule has 3 rings (SSSR count). The van der Waals surface area contributed by atoms with Crippen LogP contribution in [0.2, 0.25) is 0 Å². The van der Waals surface area contributed by atoms with Crippen LogP contribution in [-0.2, 0) is 17.7 Å². The molecule has 27 heavy (non-hydrogen) atoms. The van der Waals surface area contributed by atoms with E-state index in [1.54, 1.807) is 24.8 Å². The molecule has 0 radical (unpaired) electrons. The van der Waals surface area contributed by atoms with Crippen LogP contribution in [0.1, 0.15) is 38.1 Å². The van der Waals surface area contributed by atoms with Crippen LogP contribution in [0.25, 0.3) is 0 Å². The molecule has 0 saturated carbocycles. The van der Waals surface area contributed by atoms with Gasteiger partial charge in [-0.2, -0.15) is 0 Å². The number of benzene rings is 1. The summed E-state index contributed by atoms with van der Waals surface area (Å²) in [5.41, 5.74) is 2.11. The van der Waals surface area contributed by atoms with E-state index in [4.69, 9.17) is 4.74 Å². The van der Waals surface area contributed by atoms with E-state index in [9.17, 15) is 9.59 Å². The fourth-order valence-corrected chi connectivity index (χ4v) is 4.75. The standard InChI is InChI=1S/C19H22N2O3S2.ClH/c1-4-24-19(23)16-14-8-9-21(2)11-15(14)26-18(16)20-17(22)12-6-5-7-13(10-12)25-3;/h5-7,10H,4,8-9,11H2,1-3H3,(H,20,22);1H. The number of fused-ring (bicyclic) bond motifs is 1. The van der Waals surface area contributed by atoms with E-state index in [1.807, 2.05) is 24.5 Å². The van der Waals surface area contributed by atoms with Crippen LogP contribution in [0.5, 0.6) is 0 Å². The second-order valence-electron chi connectivity index (χ2n) is 6.10. The van der Waals surface area contributed by atoms with Crippen LogP contribution in [0, 0.1) is 0 Å². The average molecular weight is 427 g/mol. The number of hydrogen-bond acceptors (Lipinski definition) is 6. The minimum absolute atomic E-state index is 0. The summed E-state index contributed by atoms with van der Waals surface area (Å²) >= 11 is 3.06. The second-order valence-corrected chi connectivity index (χ2v) is 8.09. The lowest BCUT2D eigenvalue weighted by molar-refractivity contribution is 0.0526. The number of carbonyl (C=O) groups is 2. The Kier molecular flexibility index (Phi) is 7.73. The number of esters is 1. The lowest BCUT2D eigenvalue weighted by Crippen LogP contribution is -2.26. The van der Waals surface area contributed by atoms with Crippen molar-refractivity contribution in [1.29, 1.82) is 0 Å².